The summed E-state index contributed by atoms with van der Waals surface area (Å²) < 4.78 is 22.8. The monoisotopic (exact) mass is 479 g/mol. The maximum atomic E-state index is 11.4. The minimum Gasteiger partial charge on any atom is -0.382 e. The molecule has 0 fully saturated rings. The van der Waals surface area contributed by atoms with Crippen molar-refractivity contribution in [3.63, 3.8) is 0 Å². The predicted octanol–water partition coefficient (Wildman–Crippen LogP) is 5.06. The lowest BCUT2D eigenvalue weighted by molar-refractivity contribution is 0.598. The Labute approximate surface area is 192 Å². The third kappa shape index (κ3) is 4.08. The average Bonchev–Trinajstić information content (AvgIpc) is 3.40. The topological polar surface area (TPSA) is 124 Å². The standard InChI is InChI=1S/C22H17N5O2S3/c23-20-19(31-22(27-20)25-16-7-9-17(10-8-16)32(24,28)29)21-26-18(12-30-21)15-6-5-13-3-1-2-4-14(13)11-15/h1-12H,23H2,(H,25,27)(H2,24,28,29). The molecule has 2 aromatic heterocycles. The fourth-order valence-corrected chi connectivity index (χ4v) is 5.60. The van der Waals surface area contributed by atoms with Crippen LogP contribution in [0.15, 0.2) is 77.0 Å². The van der Waals surface area contributed by atoms with Gasteiger partial charge in [-0.15, -0.1) is 11.3 Å². The van der Waals surface area contributed by atoms with Crippen LogP contribution in [0.25, 0.3) is 31.9 Å². The molecule has 0 saturated heterocycles. The highest BCUT2D eigenvalue weighted by molar-refractivity contribution is 7.89. The molecule has 0 aliphatic heterocycles. The summed E-state index contributed by atoms with van der Waals surface area (Å²) in [5.41, 5.74) is 8.77. The molecule has 0 radical (unpaired) electrons. The molecule has 5 aromatic rings. The summed E-state index contributed by atoms with van der Waals surface area (Å²) in [6.07, 6.45) is 0. The number of nitrogen functional groups attached to an aromatic ring is 1. The van der Waals surface area contributed by atoms with Gasteiger partial charge in [-0.2, -0.15) is 0 Å². The summed E-state index contributed by atoms with van der Waals surface area (Å²) in [6.45, 7) is 0. The van der Waals surface area contributed by atoms with Crippen LogP contribution in [0, 0.1) is 0 Å². The van der Waals surface area contributed by atoms with E-state index in [1.54, 1.807) is 12.1 Å². The van der Waals surface area contributed by atoms with Gasteiger partial charge in [-0.1, -0.05) is 47.7 Å². The van der Waals surface area contributed by atoms with Gasteiger partial charge >= 0.3 is 0 Å². The van der Waals surface area contributed by atoms with E-state index in [9.17, 15) is 8.42 Å². The Hall–Kier alpha value is -3.31. The van der Waals surface area contributed by atoms with Crippen LogP contribution >= 0.6 is 22.7 Å². The number of nitrogens with zero attached hydrogens (tertiary/aromatic N) is 2. The smallest absolute Gasteiger partial charge is 0.238 e. The second-order valence-electron chi connectivity index (χ2n) is 7.03. The van der Waals surface area contributed by atoms with E-state index in [0.717, 1.165) is 26.5 Å². The van der Waals surface area contributed by atoms with Gasteiger partial charge in [-0.25, -0.2) is 23.5 Å². The van der Waals surface area contributed by atoms with Crippen molar-refractivity contribution in [2.45, 2.75) is 4.90 Å². The molecule has 32 heavy (non-hydrogen) atoms. The Balaban J connectivity index is 1.40. The molecule has 0 aliphatic carbocycles. The lowest BCUT2D eigenvalue weighted by Gasteiger charge is -2.03. The van der Waals surface area contributed by atoms with Gasteiger partial charge < -0.3 is 11.1 Å². The minimum absolute atomic E-state index is 0.0476. The molecule has 0 spiro atoms. The highest BCUT2D eigenvalue weighted by Gasteiger charge is 2.16. The highest BCUT2D eigenvalue weighted by atomic mass is 32.2. The van der Waals surface area contributed by atoms with E-state index < -0.39 is 10.0 Å². The fourth-order valence-electron chi connectivity index (χ4n) is 3.25. The SMILES string of the molecule is Nc1nc(Nc2ccc(S(N)(=O)=O)cc2)sc1-c1nc(-c2ccc3ccccc3c2)cs1. The van der Waals surface area contributed by atoms with Crippen LogP contribution in [-0.2, 0) is 10.0 Å². The Morgan fingerprint density at radius 2 is 1.66 bits per heavy atom. The molecule has 0 unspecified atom stereocenters. The Bertz CT molecular complexity index is 1540. The Morgan fingerprint density at radius 1 is 0.906 bits per heavy atom. The molecule has 5 N–H and O–H groups in total. The number of anilines is 3. The number of benzene rings is 3. The maximum absolute atomic E-state index is 11.4. The number of aromatic nitrogens is 2. The van der Waals surface area contributed by atoms with Crippen molar-refractivity contribution in [2.75, 3.05) is 11.1 Å². The Kier molecular flexibility index (Phi) is 5.14. The third-order valence-corrected chi connectivity index (χ3v) is 7.74. The summed E-state index contributed by atoms with van der Waals surface area (Å²) in [7, 11) is -3.73. The number of sulfonamides is 1. The first kappa shape index (κ1) is 20.6. The van der Waals surface area contributed by atoms with Crippen molar-refractivity contribution >= 4 is 60.1 Å². The minimum atomic E-state index is -3.73. The number of thiazole rings is 2. The zero-order valence-corrected chi connectivity index (χ0v) is 19.0. The quantitative estimate of drug-likeness (QED) is 0.324. The largest absolute Gasteiger partial charge is 0.382 e. The van der Waals surface area contributed by atoms with Crippen LogP contribution < -0.4 is 16.2 Å². The van der Waals surface area contributed by atoms with Gasteiger partial charge in [0, 0.05) is 16.6 Å². The number of fused-ring (bicyclic) bond motifs is 1. The van der Waals surface area contributed by atoms with Crippen molar-refractivity contribution in [3.05, 3.63) is 72.1 Å². The zero-order chi connectivity index (χ0) is 22.3. The summed E-state index contributed by atoms with van der Waals surface area (Å²) in [5, 5.41) is 14.0. The maximum Gasteiger partial charge on any atom is 0.238 e. The van der Waals surface area contributed by atoms with Crippen molar-refractivity contribution < 1.29 is 8.42 Å². The van der Waals surface area contributed by atoms with Crippen molar-refractivity contribution in [3.8, 4) is 21.1 Å². The Morgan fingerprint density at radius 3 is 2.41 bits per heavy atom. The van der Waals surface area contributed by atoms with E-state index in [-0.39, 0.29) is 4.90 Å². The van der Waals surface area contributed by atoms with Gasteiger partial charge in [0.15, 0.2) is 5.13 Å². The lowest BCUT2D eigenvalue weighted by Crippen LogP contribution is -2.11. The molecule has 7 nitrogen and oxygen atoms in total. The number of nitrogens with one attached hydrogen (secondary N) is 1. The summed E-state index contributed by atoms with van der Waals surface area (Å²) in [6, 6.07) is 20.6. The first-order valence-corrected chi connectivity index (χ1v) is 12.7. The van der Waals surface area contributed by atoms with E-state index >= 15 is 0 Å². The molecule has 0 bridgehead atoms. The normalized spacial score (nSPS) is 11.7. The van der Waals surface area contributed by atoms with Gasteiger partial charge in [-0.05, 0) is 41.1 Å². The van der Waals surface area contributed by atoms with Gasteiger partial charge in [0.05, 0.1) is 10.6 Å². The number of hydrogen-bond donors (Lipinski definition) is 3. The van der Waals surface area contributed by atoms with Crippen LogP contribution in [0.5, 0.6) is 0 Å². The molecule has 3 aromatic carbocycles. The highest BCUT2D eigenvalue weighted by Crippen LogP contribution is 2.39. The van der Waals surface area contributed by atoms with Crippen LogP contribution in [-0.4, -0.2) is 18.4 Å². The molecule has 10 heteroatoms. The van der Waals surface area contributed by atoms with Crippen molar-refractivity contribution in [1.29, 1.82) is 0 Å². The molecular weight excluding hydrogens is 462 g/mol. The second kappa shape index (κ2) is 7.99. The number of rotatable bonds is 5. The molecule has 160 valence electrons. The van der Waals surface area contributed by atoms with E-state index in [1.807, 2.05) is 17.5 Å². The van der Waals surface area contributed by atoms with Crippen molar-refractivity contribution in [1.82, 2.24) is 9.97 Å². The zero-order valence-electron chi connectivity index (χ0n) is 16.5. The first-order chi connectivity index (χ1) is 15.4. The number of primary sulfonamides is 1. The van der Waals surface area contributed by atoms with Crippen LogP contribution in [0.4, 0.5) is 16.6 Å². The van der Waals surface area contributed by atoms with E-state index in [4.69, 9.17) is 15.9 Å². The van der Waals surface area contributed by atoms with Crippen LogP contribution in [0.3, 0.4) is 0 Å². The molecule has 0 amide bonds. The average molecular weight is 480 g/mol. The van der Waals surface area contributed by atoms with Crippen LogP contribution in [0.1, 0.15) is 0 Å². The van der Waals surface area contributed by atoms with Gasteiger partial charge in [0.1, 0.15) is 15.7 Å². The summed E-state index contributed by atoms with van der Waals surface area (Å²) >= 11 is 2.90. The second-order valence-corrected chi connectivity index (χ2v) is 10.4. The fraction of sp³-hybridized carbons (Fsp3) is 0. The summed E-state index contributed by atoms with van der Waals surface area (Å²) in [5.74, 6) is 0.387. The lowest BCUT2D eigenvalue weighted by atomic mass is 10.1. The molecular formula is C22H17N5O2S3. The first-order valence-electron chi connectivity index (χ1n) is 9.48. The van der Waals surface area contributed by atoms with Gasteiger partial charge in [-0.3, -0.25) is 0 Å². The van der Waals surface area contributed by atoms with Crippen molar-refractivity contribution in [2.24, 2.45) is 5.14 Å². The molecule has 2 heterocycles. The summed E-state index contributed by atoms with van der Waals surface area (Å²) in [4.78, 5) is 9.99. The van der Waals surface area contributed by atoms with Gasteiger partial charge in [0.25, 0.3) is 0 Å². The van der Waals surface area contributed by atoms with E-state index in [2.05, 4.69) is 40.6 Å². The number of hydrogen-bond acceptors (Lipinski definition) is 8. The molecule has 0 saturated carbocycles. The van der Waals surface area contributed by atoms with E-state index in [0.29, 0.717) is 16.6 Å². The molecule has 0 aliphatic rings. The van der Waals surface area contributed by atoms with Gasteiger partial charge in [0.2, 0.25) is 10.0 Å². The third-order valence-electron chi connectivity index (χ3n) is 4.83. The van der Waals surface area contributed by atoms with Crippen LogP contribution in [0.2, 0.25) is 0 Å². The molecule has 5 rings (SSSR count). The van der Waals surface area contributed by atoms with E-state index in [1.165, 1.54) is 40.2 Å². The number of nitrogens with two attached hydrogens (primary N) is 2. The molecule has 0 atom stereocenters. The predicted molar refractivity (Wildman–Crippen MR) is 132 cm³/mol.